The highest BCUT2D eigenvalue weighted by molar-refractivity contribution is 8.16. The summed E-state index contributed by atoms with van der Waals surface area (Å²) >= 11 is 1.41. The zero-order valence-corrected chi connectivity index (χ0v) is 15.1. The predicted octanol–water partition coefficient (Wildman–Crippen LogP) is 3.07. The molecule has 1 atom stereocenters. The largest absolute Gasteiger partial charge is 0.305 e. The minimum Gasteiger partial charge on any atom is -0.305 e. The number of carbonyl (C=O) groups is 1. The summed E-state index contributed by atoms with van der Waals surface area (Å²) in [5.41, 5.74) is 2.10. The lowest BCUT2D eigenvalue weighted by Gasteiger charge is -2.22. The van der Waals surface area contributed by atoms with Crippen molar-refractivity contribution in [3.8, 4) is 0 Å². The first-order chi connectivity index (χ1) is 13.3. The molecule has 1 N–H and O–H groups in total. The highest BCUT2D eigenvalue weighted by Gasteiger charge is 2.32. The van der Waals surface area contributed by atoms with Gasteiger partial charge in [-0.3, -0.25) is 19.8 Å². The minimum absolute atomic E-state index is 0.106. The van der Waals surface area contributed by atoms with Crippen LogP contribution in [0, 0.1) is 0 Å². The molecule has 8 heteroatoms. The van der Waals surface area contributed by atoms with Gasteiger partial charge in [0.05, 0.1) is 6.54 Å². The third-order valence-corrected chi connectivity index (χ3v) is 5.13. The Kier molecular flexibility index (Phi) is 5.06. The van der Waals surface area contributed by atoms with Crippen molar-refractivity contribution in [3.05, 3.63) is 84.6 Å². The monoisotopic (exact) mass is 376 g/mol. The average molecular weight is 376 g/mol. The molecular formula is C19H16N6OS. The maximum atomic E-state index is 12.6. The summed E-state index contributed by atoms with van der Waals surface area (Å²) in [4.78, 5) is 24.9. The van der Waals surface area contributed by atoms with Crippen molar-refractivity contribution in [2.75, 3.05) is 5.32 Å². The molecule has 3 aromatic rings. The van der Waals surface area contributed by atoms with Crippen molar-refractivity contribution in [2.45, 2.75) is 11.9 Å². The van der Waals surface area contributed by atoms with E-state index < -0.39 is 0 Å². The van der Waals surface area contributed by atoms with Gasteiger partial charge in [-0.25, -0.2) is 4.98 Å². The Hall–Kier alpha value is -3.26. The molecule has 0 bridgehead atoms. The summed E-state index contributed by atoms with van der Waals surface area (Å²) in [5.74, 6) is 0.230. The van der Waals surface area contributed by atoms with E-state index in [4.69, 9.17) is 0 Å². The molecule has 4 rings (SSSR count). The Bertz CT molecular complexity index is 936. The van der Waals surface area contributed by atoms with Crippen LogP contribution in [0.5, 0.6) is 0 Å². The SMILES string of the molecule is O=C(Nc1ccccn1)C1=NN(Cc2ccncc2)C(c2ccncc2)S1. The predicted molar refractivity (Wildman–Crippen MR) is 105 cm³/mol. The summed E-state index contributed by atoms with van der Waals surface area (Å²) in [6.07, 6.45) is 8.62. The van der Waals surface area contributed by atoms with E-state index in [0.29, 0.717) is 17.4 Å². The average Bonchev–Trinajstić information content (AvgIpc) is 3.14. The second-order valence-electron chi connectivity index (χ2n) is 5.78. The van der Waals surface area contributed by atoms with Crippen LogP contribution >= 0.6 is 11.8 Å². The van der Waals surface area contributed by atoms with E-state index in [1.807, 2.05) is 35.3 Å². The van der Waals surface area contributed by atoms with Gasteiger partial charge in [-0.05, 0) is 47.5 Å². The van der Waals surface area contributed by atoms with Crippen LogP contribution in [0.4, 0.5) is 5.82 Å². The van der Waals surface area contributed by atoms with Crippen LogP contribution in [-0.4, -0.2) is 30.9 Å². The number of thioether (sulfide) groups is 1. The summed E-state index contributed by atoms with van der Waals surface area (Å²) < 4.78 is 0. The van der Waals surface area contributed by atoms with Crippen molar-refractivity contribution < 1.29 is 4.79 Å². The van der Waals surface area contributed by atoms with Crippen molar-refractivity contribution in [3.63, 3.8) is 0 Å². The van der Waals surface area contributed by atoms with E-state index in [0.717, 1.165) is 11.1 Å². The first-order valence-electron chi connectivity index (χ1n) is 8.33. The van der Waals surface area contributed by atoms with Crippen LogP contribution in [0.3, 0.4) is 0 Å². The highest BCUT2D eigenvalue weighted by Crippen LogP contribution is 2.40. The molecule has 27 heavy (non-hydrogen) atoms. The van der Waals surface area contributed by atoms with Gasteiger partial charge in [0.25, 0.3) is 5.91 Å². The van der Waals surface area contributed by atoms with E-state index in [1.165, 1.54) is 11.8 Å². The molecule has 0 saturated carbocycles. The summed E-state index contributed by atoms with van der Waals surface area (Å²) in [7, 11) is 0. The van der Waals surface area contributed by atoms with Crippen LogP contribution in [0.1, 0.15) is 16.5 Å². The maximum absolute atomic E-state index is 12.6. The van der Waals surface area contributed by atoms with E-state index in [2.05, 4.69) is 25.4 Å². The van der Waals surface area contributed by atoms with Crippen LogP contribution in [-0.2, 0) is 11.3 Å². The number of pyridine rings is 3. The van der Waals surface area contributed by atoms with Gasteiger partial charge in [0, 0.05) is 31.0 Å². The molecule has 0 aliphatic carbocycles. The second-order valence-corrected chi connectivity index (χ2v) is 6.85. The molecule has 0 fully saturated rings. The number of nitrogens with zero attached hydrogens (tertiary/aromatic N) is 5. The number of hydrogen-bond donors (Lipinski definition) is 1. The smallest absolute Gasteiger partial charge is 0.283 e. The third kappa shape index (κ3) is 4.12. The fourth-order valence-corrected chi connectivity index (χ4v) is 3.68. The number of carbonyl (C=O) groups excluding carboxylic acids is 1. The first-order valence-corrected chi connectivity index (χ1v) is 9.21. The molecule has 3 aromatic heterocycles. The zero-order valence-electron chi connectivity index (χ0n) is 14.3. The number of anilines is 1. The van der Waals surface area contributed by atoms with E-state index >= 15 is 0 Å². The topological polar surface area (TPSA) is 83.4 Å². The van der Waals surface area contributed by atoms with Gasteiger partial charge in [-0.1, -0.05) is 17.8 Å². The van der Waals surface area contributed by atoms with Gasteiger partial charge in [0.2, 0.25) is 0 Å². The number of rotatable bonds is 5. The summed E-state index contributed by atoms with van der Waals surface area (Å²) in [6.45, 7) is 0.572. The molecule has 1 aliphatic rings. The van der Waals surface area contributed by atoms with Gasteiger partial charge in [0.15, 0.2) is 5.04 Å². The highest BCUT2D eigenvalue weighted by atomic mass is 32.2. The molecule has 0 spiro atoms. The molecule has 4 heterocycles. The molecular weight excluding hydrogens is 360 g/mol. The van der Waals surface area contributed by atoms with Gasteiger partial charge >= 0.3 is 0 Å². The lowest BCUT2D eigenvalue weighted by atomic mass is 10.2. The number of hydrazone groups is 1. The normalized spacial score (nSPS) is 16.1. The van der Waals surface area contributed by atoms with Gasteiger partial charge < -0.3 is 5.32 Å². The van der Waals surface area contributed by atoms with E-state index in [-0.39, 0.29) is 11.3 Å². The Labute approximate surface area is 160 Å². The van der Waals surface area contributed by atoms with Crippen molar-refractivity contribution in [1.82, 2.24) is 20.0 Å². The Morgan fingerprint density at radius 3 is 2.44 bits per heavy atom. The molecule has 1 amide bonds. The Morgan fingerprint density at radius 1 is 1.00 bits per heavy atom. The number of aromatic nitrogens is 3. The number of amides is 1. The Balaban J connectivity index is 1.57. The number of nitrogens with one attached hydrogen (secondary N) is 1. The zero-order chi connectivity index (χ0) is 18.5. The lowest BCUT2D eigenvalue weighted by molar-refractivity contribution is -0.110. The maximum Gasteiger partial charge on any atom is 0.283 e. The number of hydrogen-bond acceptors (Lipinski definition) is 7. The minimum atomic E-state index is -0.269. The summed E-state index contributed by atoms with van der Waals surface area (Å²) in [5, 5.41) is 9.56. The van der Waals surface area contributed by atoms with Gasteiger partial charge in [-0.2, -0.15) is 5.10 Å². The van der Waals surface area contributed by atoms with Crippen molar-refractivity contribution in [1.29, 1.82) is 0 Å². The van der Waals surface area contributed by atoms with E-state index in [9.17, 15) is 4.79 Å². The van der Waals surface area contributed by atoms with Crippen LogP contribution in [0.25, 0.3) is 0 Å². The van der Waals surface area contributed by atoms with Crippen LogP contribution in [0.15, 0.2) is 78.6 Å². The molecule has 134 valence electrons. The Morgan fingerprint density at radius 2 is 1.74 bits per heavy atom. The molecule has 0 radical (unpaired) electrons. The second kappa shape index (κ2) is 7.96. The molecule has 0 saturated heterocycles. The van der Waals surface area contributed by atoms with Crippen molar-refractivity contribution >= 4 is 28.5 Å². The van der Waals surface area contributed by atoms with Gasteiger partial charge in [-0.15, -0.1) is 0 Å². The quantitative estimate of drug-likeness (QED) is 0.737. The third-order valence-electron chi connectivity index (χ3n) is 3.90. The standard InChI is InChI=1S/C19H16N6OS/c26-17(23-16-3-1-2-8-22-16)18-24-25(13-14-4-9-20-10-5-14)19(27-18)15-6-11-21-12-7-15/h1-12,19H,13H2,(H,22,23,26). The fourth-order valence-electron chi connectivity index (χ4n) is 2.63. The summed E-state index contributed by atoms with van der Waals surface area (Å²) in [6, 6.07) is 13.1. The molecule has 1 unspecified atom stereocenters. The first kappa shape index (κ1) is 17.2. The van der Waals surface area contributed by atoms with E-state index in [1.54, 1.807) is 43.1 Å². The van der Waals surface area contributed by atoms with Crippen LogP contribution in [0.2, 0.25) is 0 Å². The van der Waals surface area contributed by atoms with Crippen LogP contribution < -0.4 is 5.32 Å². The van der Waals surface area contributed by atoms with Crippen molar-refractivity contribution in [2.24, 2.45) is 5.10 Å². The molecule has 1 aliphatic heterocycles. The molecule has 7 nitrogen and oxygen atoms in total. The van der Waals surface area contributed by atoms with Gasteiger partial charge in [0.1, 0.15) is 11.2 Å². The lowest BCUT2D eigenvalue weighted by Crippen LogP contribution is -2.20. The fraction of sp³-hybridized carbons (Fsp3) is 0.105. The molecule has 0 aromatic carbocycles.